The molecule has 0 aliphatic heterocycles. The fraction of sp³-hybridized carbons (Fsp3) is 0.200. The standard InChI is InChI=1S/C10H8F2N4O2/c1-6(17)7-5-16(10-13-3-2-4-14-10)15-8(7)18-9(11)12/h2-5,9H,1H3. The molecule has 0 saturated carbocycles. The summed E-state index contributed by atoms with van der Waals surface area (Å²) in [5.41, 5.74) is -0.0530. The molecule has 6 nitrogen and oxygen atoms in total. The number of aromatic nitrogens is 4. The van der Waals surface area contributed by atoms with Crippen molar-refractivity contribution in [2.75, 3.05) is 0 Å². The zero-order valence-corrected chi connectivity index (χ0v) is 9.25. The van der Waals surface area contributed by atoms with E-state index in [2.05, 4.69) is 19.8 Å². The molecule has 94 valence electrons. The lowest BCUT2D eigenvalue weighted by molar-refractivity contribution is -0.0533. The van der Waals surface area contributed by atoms with Crippen molar-refractivity contribution in [3.8, 4) is 11.8 Å². The van der Waals surface area contributed by atoms with Crippen molar-refractivity contribution in [1.82, 2.24) is 19.7 Å². The lowest BCUT2D eigenvalue weighted by Crippen LogP contribution is -2.06. The van der Waals surface area contributed by atoms with E-state index in [1.807, 2.05) is 0 Å². The molecule has 2 aromatic rings. The number of carbonyl (C=O) groups excluding carboxylic acids is 1. The number of hydrogen-bond acceptors (Lipinski definition) is 5. The van der Waals surface area contributed by atoms with Gasteiger partial charge in [0.25, 0.3) is 5.95 Å². The molecule has 0 aromatic carbocycles. The fourth-order valence-corrected chi connectivity index (χ4v) is 1.28. The van der Waals surface area contributed by atoms with E-state index >= 15 is 0 Å². The van der Waals surface area contributed by atoms with Gasteiger partial charge in [0.05, 0.1) is 5.56 Å². The highest BCUT2D eigenvalue weighted by atomic mass is 19.3. The Morgan fingerprint density at radius 2 is 2.06 bits per heavy atom. The van der Waals surface area contributed by atoms with Gasteiger partial charge in [-0.1, -0.05) is 0 Å². The molecule has 0 bridgehead atoms. The highest BCUT2D eigenvalue weighted by molar-refractivity contribution is 5.96. The summed E-state index contributed by atoms with van der Waals surface area (Å²) < 4.78 is 29.6. The van der Waals surface area contributed by atoms with Crippen LogP contribution in [0.4, 0.5) is 8.78 Å². The third-order valence-electron chi connectivity index (χ3n) is 2.02. The van der Waals surface area contributed by atoms with E-state index in [0.717, 1.165) is 4.68 Å². The molecule has 0 saturated heterocycles. The van der Waals surface area contributed by atoms with Crippen molar-refractivity contribution in [2.24, 2.45) is 0 Å². The summed E-state index contributed by atoms with van der Waals surface area (Å²) in [6.07, 6.45) is 4.17. The third kappa shape index (κ3) is 2.47. The average Bonchev–Trinajstić information content (AvgIpc) is 2.73. The first-order valence-electron chi connectivity index (χ1n) is 4.90. The minimum Gasteiger partial charge on any atom is -0.414 e. The van der Waals surface area contributed by atoms with Gasteiger partial charge in [0, 0.05) is 18.6 Å². The number of ketones is 1. The largest absolute Gasteiger partial charge is 0.414 e. The van der Waals surface area contributed by atoms with Crippen molar-refractivity contribution in [1.29, 1.82) is 0 Å². The van der Waals surface area contributed by atoms with Gasteiger partial charge in [0.2, 0.25) is 5.88 Å². The number of rotatable bonds is 4. The molecule has 0 fully saturated rings. The Balaban J connectivity index is 2.42. The maximum absolute atomic E-state index is 12.2. The minimum atomic E-state index is -3.05. The van der Waals surface area contributed by atoms with E-state index < -0.39 is 18.3 Å². The first kappa shape index (κ1) is 12.1. The Kier molecular flexibility index (Phi) is 3.26. The van der Waals surface area contributed by atoms with Crippen molar-refractivity contribution >= 4 is 5.78 Å². The Bertz CT molecular complexity index is 556. The molecule has 0 N–H and O–H groups in total. The molecular formula is C10H8F2N4O2. The molecule has 0 aliphatic rings. The van der Waals surface area contributed by atoms with Crippen LogP contribution in [0.3, 0.4) is 0 Å². The number of carbonyl (C=O) groups is 1. The molecule has 0 aliphatic carbocycles. The monoisotopic (exact) mass is 254 g/mol. The predicted octanol–water partition coefficient (Wildman–Crippen LogP) is 1.47. The van der Waals surface area contributed by atoms with Gasteiger partial charge in [-0.3, -0.25) is 4.79 Å². The molecule has 0 unspecified atom stereocenters. The molecule has 8 heteroatoms. The molecule has 0 amide bonds. The lowest BCUT2D eigenvalue weighted by Gasteiger charge is -2.00. The Morgan fingerprint density at radius 1 is 1.39 bits per heavy atom. The second kappa shape index (κ2) is 4.86. The highest BCUT2D eigenvalue weighted by Gasteiger charge is 2.19. The molecular weight excluding hydrogens is 246 g/mol. The van der Waals surface area contributed by atoms with Gasteiger partial charge in [-0.05, 0) is 13.0 Å². The number of Topliss-reactive ketones (excluding diaryl/α,β-unsaturated/α-hetero) is 1. The summed E-state index contributed by atoms with van der Waals surface area (Å²) in [4.78, 5) is 19.0. The van der Waals surface area contributed by atoms with Crippen LogP contribution in [0.5, 0.6) is 5.88 Å². The van der Waals surface area contributed by atoms with Gasteiger partial charge in [-0.25, -0.2) is 14.6 Å². The summed E-state index contributed by atoms with van der Waals surface area (Å²) in [6.45, 7) is -1.82. The van der Waals surface area contributed by atoms with Gasteiger partial charge in [-0.2, -0.15) is 8.78 Å². The van der Waals surface area contributed by atoms with Gasteiger partial charge in [0.15, 0.2) is 5.78 Å². The summed E-state index contributed by atoms with van der Waals surface area (Å²) >= 11 is 0. The number of halogens is 2. The highest BCUT2D eigenvalue weighted by Crippen LogP contribution is 2.20. The van der Waals surface area contributed by atoms with Gasteiger partial charge in [0.1, 0.15) is 0 Å². The zero-order chi connectivity index (χ0) is 13.1. The third-order valence-corrected chi connectivity index (χ3v) is 2.02. The maximum Gasteiger partial charge on any atom is 0.388 e. The summed E-state index contributed by atoms with van der Waals surface area (Å²) in [7, 11) is 0. The average molecular weight is 254 g/mol. The first-order chi connectivity index (χ1) is 8.58. The summed E-state index contributed by atoms with van der Waals surface area (Å²) in [6, 6.07) is 1.59. The number of hydrogen-bond donors (Lipinski definition) is 0. The zero-order valence-electron chi connectivity index (χ0n) is 9.25. The van der Waals surface area contributed by atoms with Crippen LogP contribution in [0.25, 0.3) is 5.95 Å². The quantitative estimate of drug-likeness (QED) is 0.772. The van der Waals surface area contributed by atoms with Crippen molar-refractivity contribution in [2.45, 2.75) is 13.5 Å². The van der Waals surface area contributed by atoms with Crippen molar-refractivity contribution in [3.63, 3.8) is 0 Å². The van der Waals surface area contributed by atoms with Crippen LogP contribution in [-0.2, 0) is 0 Å². The maximum atomic E-state index is 12.2. The molecule has 2 rings (SSSR count). The molecule has 0 spiro atoms. The summed E-state index contributed by atoms with van der Waals surface area (Å²) in [5, 5.41) is 3.71. The predicted molar refractivity (Wildman–Crippen MR) is 55.8 cm³/mol. The van der Waals surface area contributed by atoms with E-state index in [0.29, 0.717) is 0 Å². The Hall–Kier alpha value is -2.38. The second-order valence-corrected chi connectivity index (χ2v) is 3.28. The van der Waals surface area contributed by atoms with Crippen LogP contribution in [0.1, 0.15) is 17.3 Å². The lowest BCUT2D eigenvalue weighted by atomic mass is 10.2. The Morgan fingerprint density at radius 3 is 2.61 bits per heavy atom. The molecule has 18 heavy (non-hydrogen) atoms. The molecule has 0 atom stereocenters. The van der Waals surface area contributed by atoms with Crippen LogP contribution in [0, 0.1) is 0 Å². The van der Waals surface area contributed by atoms with Crippen LogP contribution in [-0.4, -0.2) is 32.1 Å². The van der Waals surface area contributed by atoms with Crippen LogP contribution >= 0.6 is 0 Å². The van der Waals surface area contributed by atoms with Crippen molar-refractivity contribution in [3.05, 3.63) is 30.2 Å². The first-order valence-corrected chi connectivity index (χ1v) is 4.90. The molecule has 2 heterocycles. The van der Waals surface area contributed by atoms with Gasteiger partial charge < -0.3 is 4.74 Å². The second-order valence-electron chi connectivity index (χ2n) is 3.28. The van der Waals surface area contributed by atoms with E-state index in [9.17, 15) is 13.6 Å². The minimum absolute atomic E-state index is 0.0530. The van der Waals surface area contributed by atoms with E-state index in [1.165, 1.54) is 25.5 Å². The van der Waals surface area contributed by atoms with Crippen LogP contribution < -0.4 is 4.74 Å². The number of alkyl halides is 2. The fourth-order valence-electron chi connectivity index (χ4n) is 1.28. The molecule has 2 aromatic heterocycles. The normalized spacial score (nSPS) is 10.7. The van der Waals surface area contributed by atoms with Gasteiger partial charge >= 0.3 is 6.61 Å². The van der Waals surface area contributed by atoms with Crippen LogP contribution in [0.15, 0.2) is 24.7 Å². The number of ether oxygens (including phenoxy) is 1. The molecule has 0 radical (unpaired) electrons. The van der Waals surface area contributed by atoms with Crippen molar-refractivity contribution < 1.29 is 18.3 Å². The smallest absolute Gasteiger partial charge is 0.388 e. The Labute approximate surface area is 100 Å². The van der Waals surface area contributed by atoms with Crippen LogP contribution in [0.2, 0.25) is 0 Å². The van der Waals surface area contributed by atoms with E-state index in [4.69, 9.17) is 0 Å². The topological polar surface area (TPSA) is 69.9 Å². The van der Waals surface area contributed by atoms with E-state index in [-0.39, 0.29) is 11.5 Å². The van der Waals surface area contributed by atoms with Gasteiger partial charge in [-0.15, -0.1) is 5.10 Å². The SMILES string of the molecule is CC(=O)c1cn(-c2ncccn2)nc1OC(F)F. The summed E-state index contributed by atoms with van der Waals surface area (Å²) in [5.74, 6) is -0.720. The van der Waals surface area contributed by atoms with E-state index in [1.54, 1.807) is 6.07 Å². The number of nitrogens with zero attached hydrogens (tertiary/aromatic N) is 4.